The van der Waals surface area contributed by atoms with Crippen LogP contribution < -0.4 is 0 Å². The summed E-state index contributed by atoms with van der Waals surface area (Å²) in [5.41, 5.74) is 2.66. The number of rotatable bonds is 2. The van der Waals surface area contributed by atoms with Gasteiger partial charge in [0.15, 0.2) is 0 Å². The van der Waals surface area contributed by atoms with Crippen LogP contribution in [0.25, 0.3) is 0 Å². The van der Waals surface area contributed by atoms with E-state index in [1.807, 2.05) is 6.20 Å². The van der Waals surface area contributed by atoms with Crippen LogP contribution in [0, 0.1) is 0 Å². The van der Waals surface area contributed by atoms with Crippen LogP contribution in [-0.4, -0.2) is 4.98 Å². The zero-order chi connectivity index (χ0) is 9.42. The van der Waals surface area contributed by atoms with E-state index >= 15 is 0 Å². The maximum Gasteiger partial charge on any atom is 0.0573 e. The summed E-state index contributed by atoms with van der Waals surface area (Å²) in [7, 11) is 0. The van der Waals surface area contributed by atoms with Crippen molar-refractivity contribution in [2.24, 2.45) is 0 Å². The first-order valence-corrected chi connectivity index (χ1v) is 5.63. The van der Waals surface area contributed by atoms with Gasteiger partial charge in [-0.3, -0.25) is 4.98 Å². The first-order chi connectivity index (χ1) is 6.20. The number of hydrogen-bond donors (Lipinski definition) is 0. The second kappa shape index (κ2) is 3.41. The molecular formula is C11H14BrN. The molecule has 0 radical (unpaired) electrons. The molecule has 1 nitrogen and oxygen atoms in total. The summed E-state index contributed by atoms with van der Waals surface area (Å²) in [6.07, 6.45) is 4.63. The van der Waals surface area contributed by atoms with Crippen molar-refractivity contribution in [3.8, 4) is 0 Å². The Balaban J connectivity index is 2.41. The van der Waals surface area contributed by atoms with Gasteiger partial charge in [-0.15, -0.1) is 0 Å². The van der Waals surface area contributed by atoms with Crippen LogP contribution >= 0.6 is 15.9 Å². The van der Waals surface area contributed by atoms with E-state index in [2.05, 4.69) is 40.8 Å². The molecular weight excluding hydrogens is 226 g/mol. The minimum absolute atomic E-state index is 0.507. The third-order valence-electron chi connectivity index (χ3n) is 2.51. The minimum atomic E-state index is 0.507. The van der Waals surface area contributed by atoms with Crippen LogP contribution in [0.1, 0.15) is 49.8 Å². The normalized spacial score (nSPS) is 16.6. The fourth-order valence-electron chi connectivity index (χ4n) is 1.59. The third kappa shape index (κ3) is 1.78. The Morgan fingerprint density at radius 3 is 2.69 bits per heavy atom. The van der Waals surface area contributed by atoms with Gasteiger partial charge in [-0.05, 0) is 52.2 Å². The van der Waals surface area contributed by atoms with Gasteiger partial charge in [0, 0.05) is 10.7 Å². The quantitative estimate of drug-likeness (QED) is 0.765. The zero-order valence-electron chi connectivity index (χ0n) is 8.05. The highest BCUT2D eigenvalue weighted by molar-refractivity contribution is 9.10. The molecule has 0 spiro atoms. The zero-order valence-corrected chi connectivity index (χ0v) is 9.63. The average Bonchev–Trinajstić information content (AvgIpc) is 2.87. The van der Waals surface area contributed by atoms with Crippen LogP contribution in [0.15, 0.2) is 16.7 Å². The Labute approximate surface area is 87.7 Å². The molecule has 2 heteroatoms. The Kier molecular flexibility index (Phi) is 2.41. The Morgan fingerprint density at radius 2 is 2.15 bits per heavy atom. The molecule has 0 aromatic carbocycles. The fourth-order valence-corrected chi connectivity index (χ4v) is 2.60. The number of halogens is 1. The molecule has 0 N–H and O–H groups in total. The lowest BCUT2D eigenvalue weighted by atomic mass is 10.1. The predicted molar refractivity (Wildman–Crippen MR) is 58.0 cm³/mol. The van der Waals surface area contributed by atoms with E-state index in [1.165, 1.54) is 28.6 Å². The van der Waals surface area contributed by atoms with Crippen LogP contribution in [-0.2, 0) is 0 Å². The maximum absolute atomic E-state index is 4.40. The highest BCUT2D eigenvalue weighted by Gasteiger charge is 2.26. The lowest BCUT2D eigenvalue weighted by molar-refractivity contribution is 0.809. The first kappa shape index (κ1) is 9.20. The van der Waals surface area contributed by atoms with Gasteiger partial charge in [0.2, 0.25) is 0 Å². The average molecular weight is 240 g/mol. The van der Waals surface area contributed by atoms with Gasteiger partial charge in [0.25, 0.3) is 0 Å². The van der Waals surface area contributed by atoms with Gasteiger partial charge >= 0.3 is 0 Å². The standard InChI is InChI=1S/C11H14BrN/c1-7(2)11-10(12)9(5-6-13-11)8-3-4-8/h5-8H,3-4H2,1-2H3. The summed E-state index contributed by atoms with van der Waals surface area (Å²) in [6.45, 7) is 4.37. The number of hydrogen-bond acceptors (Lipinski definition) is 1. The summed E-state index contributed by atoms with van der Waals surface area (Å²) >= 11 is 3.66. The van der Waals surface area contributed by atoms with E-state index in [1.54, 1.807) is 0 Å². The SMILES string of the molecule is CC(C)c1nccc(C2CC2)c1Br. The molecule has 13 heavy (non-hydrogen) atoms. The molecule has 0 saturated heterocycles. The lowest BCUT2D eigenvalue weighted by Gasteiger charge is -2.10. The van der Waals surface area contributed by atoms with Crippen molar-refractivity contribution >= 4 is 15.9 Å². The maximum atomic E-state index is 4.40. The molecule has 0 unspecified atom stereocenters. The van der Waals surface area contributed by atoms with Crippen molar-refractivity contribution in [3.63, 3.8) is 0 Å². The van der Waals surface area contributed by atoms with Crippen molar-refractivity contribution in [1.29, 1.82) is 0 Å². The molecule has 1 fully saturated rings. The topological polar surface area (TPSA) is 12.9 Å². The molecule has 2 rings (SSSR count). The Hall–Kier alpha value is -0.370. The van der Waals surface area contributed by atoms with E-state index in [-0.39, 0.29) is 0 Å². The van der Waals surface area contributed by atoms with Crippen molar-refractivity contribution in [1.82, 2.24) is 4.98 Å². The molecule has 1 aliphatic rings. The number of nitrogens with zero attached hydrogens (tertiary/aromatic N) is 1. The van der Waals surface area contributed by atoms with E-state index in [9.17, 15) is 0 Å². The van der Waals surface area contributed by atoms with Gasteiger partial charge < -0.3 is 0 Å². The van der Waals surface area contributed by atoms with Gasteiger partial charge in [0.1, 0.15) is 0 Å². The second-order valence-electron chi connectivity index (χ2n) is 4.03. The lowest BCUT2D eigenvalue weighted by Crippen LogP contribution is -1.96. The molecule has 1 aliphatic carbocycles. The van der Waals surface area contributed by atoms with Crippen LogP contribution in [0.5, 0.6) is 0 Å². The van der Waals surface area contributed by atoms with Crippen LogP contribution in [0.4, 0.5) is 0 Å². The smallest absolute Gasteiger partial charge is 0.0573 e. The largest absolute Gasteiger partial charge is 0.260 e. The fraction of sp³-hybridized carbons (Fsp3) is 0.545. The predicted octanol–water partition coefficient (Wildman–Crippen LogP) is 3.84. The summed E-state index contributed by atoms with van der Waals surface area (Å²) in [5, 5.41) is 0. The number of pyridine rings is 1. The van der Waals surface area contributed by atoms with E-state index in [0.717, 1.165) is 5.92 Å². The highest BCUT2D eigenvalue weighted by Crippen LogP contribution is 2.44. The van der Waals surface area contributed by atoms with Crippen LogP contribution in [0.2, 0.25) is 0 Å². The van der Waals surface area contributed by atoms with Gasteiger partial charge in [-0.25, -0.2) is 0 Å². The monoisotopic (exact) mass is 239 g/mol. The van der Waals surface area contributed by atoms with Crippen LogP contribution in [0.3, 0.4) is 0 Å². The highest BCUT2D eigenvalue weighted by atomic mass is 79.9. The molecule has 70 valence electrons. The van der Waals surface area contributed by atoms with E-state index < -0.39 is 0 Å². The second-order valence-corrected chi connectivity index (χ2v) is 4.82. The Morgan fingerprint density at radius 1 is 1.46 bits per heavy atom. The summed E-state index contributed by atoms with van der Waals surface area (Å²) < 4.78 is 1.24. The van der Waals surface area contributed by atoms with Crippen molar-refractivity contribution < 1.29 is 0 Å². The van der Waals surface area contributed by atoms with E-state index in [4.69, 9.17) is 0 Å². The summed E-state index contributed by atoms with van der Waals surface area (Å²) in [6, 6.07) is 2.15. The minimum Gasteiger partial charge on any atom is -0.260 e. The number of aromatic nitrogens is 1. The molecule has 1 saturated carbocycles. The molecule has 0 aliphatic heterocycles. The Bertz CT molecular complexity index is 296. The molecule has 1 aromatic rings. The molecule has 0 atom stereocenters. The molecule has 0 bridgehead atoms. The van der Waals surface area contributed by atoms with E-state index in [0.29, 0.717) is 5.92 Å². The van der Waals surface area contributed by atoms with Gasteiger partial charge in [-0.2, -0.15) is 0 Å². The molecule has 1 aromatic heterocycles. The van der Waals surface area contributed by atoms with Crippen molar-refractivity contribution in [2.45, 2.75) is 38.5 Å². The molecule has 1 heterocycles. The first-order valence-electron chi connectivity index (χ1n) is 4.84. The third-order valence-corrected chi connectivity index (χ3v) is 3.37. The summed E-state index contributed by atoms with van der Waals surface area (Å²) in [5.74, 6) is 1.31. The van der Waals surface area contributed by atoms with Crippen molar-refractivity contribution in [2.75, 3.05) is 0 Å². The summed E-state index contributed by atoms with van der Waals surface area (Å²) in [4.78, 5) is 4.40. The molecule has 0 amide bonds. The van der Waals surface area contributed by atoms with Gasteiger partial charge in [0.05, 0.1) is 5.69 Å². The van der Waals surface area contributed by atoms with Crippen molar-refractivity contribution in [3.05, 3.63) is 28.0 Å². The van der Waals surface area contributed by atoms with Gasteiger partial charge in [-0.1, -0.05) is 13.8 Å².